The molecule has 0 unspecified atom stereocenters. The van der Waals surface area contributed by atoms with E-state index in [-0.39, 0.29) is 22.9 Å². The van der Waals surface area contributed by atoms with Crippen LogP contribution in [0.15, 0.2) is 65.3 Å². The topological polar surface area (TPSA) is 118 Å². The molecule has 4 rings (SSSR count). The van der Waals surface area contributed by atoms with Crippen LogP contribution in [-0.4, -0.2) is 36.8 Å². The first-order valence-electron chi connectivity index (χ1n) is 10.2. The van der Waals surface area contributed by atoms with Crippen molar-refractivity contribution in [1.82, 2.24) is 0 Å². The summed E-state index contributed by atoms with van der Waals surface area (Å²) in [5.41, 5.74) is 2.68. The Kier molecular flexibility index (Phi) is 6.21. The Morgan fingerprint density at radius 2 is 1.85 bits per heavy atom. The molecule has 168 valence electrons. The summed E-state index contributed by atoms with van der Waals surface area (Å²) in [6.07, 6.45) is 2.07. The van der Waals surface area contributed by atoms with Gasteiger partial charge in [-0.05, 0) is 54.4 Å². The Labute approximate surface area is 189 Å². The number of anilines is 3. The average Bonchev–Trinajstić information content (AvgIpc) is 3.48. The maximum atomic E-state index is 12.5. The van der Waals surface area contributed by atoms with E-state index in [0.717, 1.165) is 11.3 Å². The molecule has 9 nitrogen and oxygen atoms in total. The minimum atomic E-state index is -0.758. The number of fused-ring (bicyclic) bond motifs is 1. The molecule has 0 spiro atoms. The second-order valence-electron chi connectivity index (χ2n) is 7.37. The van der Waals surface area contributed by atoms with Crippen LogP contribution < -0.4 is 15.5 Å². The molecule has 0 atom stereocenters. The lowest BCUT2D eigenvalue weighted by Gasteiger charge is -2.15. The van der Waals surface area contributed by atoms with E-state index in [1.165, 1.54) is 25.3 Å². The minimum absolute atomic E-state index is 0.0296. The largest absolute Gasteiger partial charge is 0.459 e. The zero-order valence-corrected chi connectivity index (χ0v) is 17.8. The van der Waals surface area contributed by atoms with Gasteiger partial charge in [-0.3, -0.25) is 14.4 Å². The lowest BCUT2D eigenvalue weighted by molar-refractivity contribution is -0.119. The Balaban J connectivity index is 1.35. The van der Waals surface area contributed by atoms with Gasteiger partial charge in [-0.25, -0.2) is 4.79 Å². The van der Waals surface area contributed by atoms with E-state index in [4.69, 9.17) is 9.15 Å². The van der Waals surface area contributed by atoms with Crippen molar-refractivity contribution in [2.24, 2.45) is 0 Å². The van der Waals surface area contributed by atoms with Gasteiger partial charge in [0.15, 0.2) is 12.4 Å². The highest BCUT2D eigenvalue weighted by Crippen LogP contribution is 2.30. The highest BCUT2D eigenvalue weighted by atomic mass is 16.5. The predicted octanol–water partition coefficient (Wildman–Crippen LogP) is 3.24. The summed E-state index contributed by atoms with van der Waals surface area (Å²) in [6.45, 7) is 1.62. The number of hydrogen-bond donors (Lipinski definition) is 2. The molecule has 0 radical (unpaired) electrons. The Morgan fingerprint density at radius 3 is 2.61 bits per heavy atom. The van der Waals surface area contributed by atoms with Crippen LogP contribution in [0.4, 0.5) is 17.1 Å². The lowest BCUT2D eigenvalue weighted by atomic mass is 10.1. The van der Waals surface area contributed by atoms with Crippen molar-refractivity contribution in [3.8, 4) is 0 Å². The summed E-state index contributed by atoms with van der Waals surface area (Å²) in [5.74, 6) is -1.72. The SMILES string of the molecule is CC(=O)N1CCc2cc(NC(=O)COC(=O)c3ccccc3NC(=O)c3ccco3)ccc21. The molecule has 3 amide bonds. The molecular weight excluding hydrogens is 426 g/mol. The summed E-state index contributed by atoms with van der Waals surface area (Å²) >= 11 is 0. The van der Waals surface area contributed by atoms with Crippen LogP contribution in [0.3, 0.4) is 0 Å². The summed E-state index contributed by atoms with van der Waals surface area (Å²) in [5, 5.41) is 5.28. The van der Waals surface area contributed by atoms with E-state index in [2.05, 4.69) is 10.6 Å². The summed E-state index contributed by atoms with van der Waals surface area (Å²) < 4.78 is 10.2. The number of carbonyl (C=O) groups excluding carboxylic acids is 4. The minimum Gasteiger partial charge on any atom is -0.459 e. The standard InChI is InChI=1S/C24H21N3O6/c1-15(28)27-11-10-16-13-17(8-9-20(16)27)25-22(29)14-33-24(31)18-5-2-3-6-19(18)26-23(30)21-7-4-12-32-21/h2-9,12-13H,10-11,14H2,1H3,(H,25,29)(H,26,30). The molecule has 0 saturated carbocycles. The number of benzene rings is 2. The zero-order valence-electron chi connectivity index (χ0n) is 17.8. The molecule has 1 aromatic heterocycles. The number of para-hydroxylation sites is 1. The number of ether oxygens (including phenoxy) is 1. The number of carbonyl (C=O) groups is 4. The molecule has 3 aromatic rings. The molecule has 0 fully saturated rings. The third-order valence-electron chi connectivity index (χ3n) is 5.11. The van der Waals surface area contributed by atoms with Crippen molar-refractivity contribution in [3.05, 3.63) is 77.7 Å². The van der Waals surface area contributed by atoms with Gasteiger partial charge in [-0.2, -0.15) is 0 Å². The number of nitrogens with zero attached hydrogens (tertiary/aromatic N) is 1. The van der Waals surface area contributed by atoms with Crippen molar-refractivity contribution in [2.45, 2.75) is 13.3 Å². The highest BCUT2D eigenvalue weighted by molar-refractivity contribution is 6.07. The van der Waals surface area contributed by atoms with Crippen LogP contribution in [-0.2, 0) is 20.7 Å². The van der Waals surface area contributed by atoms with Crippen molar-refractivity contribution in [1.29, 1.82) is 0 Å². The van der Waals surface area contributed by atoms with E-state index >= 15 is 0 Å². The van der Waals surface area contributed by atoms with Gasteiger partial charge < -0.3 is 24.7 Å². The van der Waals surface area contributed by atoms with Crippen LogP contribution in [0.25, 0.3) is 0 Å². The molecule has 1 aliphatic heterocycles. The van der Waals surface area contributed by atoms with Gasteiger partial charge in [0.05, 0.1) is 17.5 Å². The third kappa shape index (κ3) is 4.93. The Hall–Kier alpha value is -4.40. The third-order valence-corrected chi connectivity index (χ3v) is 5.11. The monoisotopic (exact) mass is 447 g/mol. The van der Waals surface area contributed by atoms with Gasteiger partial charge in [-0.1, -0.05) is 12.1 Å². The van der Waals surface area contributed by atoms with Crippen LogP contribution in [0.5, 0.6) is 0 Å². The second-order valence-corrected chi connectivity index (χ2v) is 7.37. The molecule has 9 heteroatoms. The fourth-order valence-electron chi connectivity index (χ4n) is 3.57. The lowest BCUT2D eigenvalue weighted by Crippen LogP contribution is -2.25. The number of amides is 3. The average molecular weight is 447 g/mol. The molecule has 0 saturated heterocycles. The summed E-state index contributed by atoms with van der Waals surface area (Å²) in [4.78, 5) is 50.4. The molecule has 33 heavy (non-hydrogen) atoms. The van der Waals surface area contributed by atoms with Crippen molar-refractivity contribution < 1.29 is 28.3 Å². The summed E-state index contributed by atoms with van der Waals surface area (Å²) in [7, 11) is 0. The molecule has 1 aliphatic rings. The number of furan rings is 1. The molecule has 0 bridgehead atoms. The zero-order chi connectivity index (χ0) is 23.4. The van der Waals surface area contributed by atoms with E-state index in [1.54, 1.807) is 47.4 Å². The van der Waals surface area contributed by atoms with Crippen molar-refractivity contribution in [3.63, 3.8) is 0 Å². The Morgan fingerprint density at radius 1 is 1.03 bits per heavy atom. The number of hydrogen-bond acceptors (Lipinski definition) is 6. The van der Waals surface area contributed by atoms with Gasteiger partial charge >= 0.3 is 5.97 Å². The van der Waals surface area contributed by atoms with Gasteiger partial charge in [0, 0.05) is 24.8 Å². The molecule has 0 aliphatic carbocycles. The fraction of sp³-hybridized carbons (Fsp3) is 0.167. The second kappa shape index (κ2) is 9.39. The van der Waals surface area contributed by atoms with Gasteiger partial charge in [0.1, 0.15) is 0 Å². The molecule has 2 heterocycles. The first-order chi connectivity index (χ1) is 15.9. The molecule has 2 aromatic carbocycles. The summed E-state index contributed by atoms with van der Waals surface area (Å²) in [6, 6.07) is 14.7. The van der Waals surface area contributed by atoms with Gasteiger partial charge in [0.25, 0.3) is 11.8 Å². The predicted molar refractivity (Wildman–Crippen MR) is 120 cm³/mol. The smallest absolute Gasteiger partial charge is 0.340 e. The van der Waals surface area contributed by atoms with Crippen molar-refractivity contribution in [2.75, 3.05) is 28.7 Å². The molecule has 2 N–H and O–H groups in total. The van der Waals surface area contributed by atoms with E-state index in [0.29, 0.717) is 18.7 Å². The van der Waals surface area contributed by atoms with Crippen LogP contribution in [0, 0.1) is 0 Å². The first kappa shape index (κ1) is 21.8. The van der Waals surface area contributed by atoms with Crippen LogP contribution in [0.2, 0.25) is 0 Å². The fourth-order valence-corrected chi connectivity index (χ4v) is 3.57. The molecular formula is C24H21N3O6. The van der Waals surface area contributed by atoms with Gasteiger partial charge in [-0.15, -0.1) is 0 Å². The normalized spacial score (nSPS) is 12.1. The highest BCUT2D eigenvalue weighted by Gasteiger charge is 2.22. The van der Waals surface area contributed by atoms with E-state index in [1.807, 2.05) is 0 Å². The number of esters is 1. The van der Waals surface area contributed by atoms with Gasteiger partial charge in [0.2, 0.25) is 5.91 Å². The van der Waals surface area contributed by atoms with Crippen LogP contribution in [0.1, 0.15) is 33.4 Å². The van der Waals surface area contributed by atoms with E-state index in [9.17, 15) is 19.2 Å². The maximum Gasteiger partial charge on any atom is 0.340 e. The van der Waals surface area contributed by atoms with Crippen molar-refractivity contribution >= 4 is 40.8 Å². The Bertz CT molecular complexity index is 1220. The first-order valence-corrected chi connectivity index (χ1v) is 10.2. The number of nitrogens with one attached hydrogen (secondary N) is 2. The number of rotatable bonds is 6. The van der Waals surface area contributed by atoms with Crippen LogP contribution >= 0.6 is 0 Å². The van der Waals surface area contributed by atoms with E-state index < -0.39 is 24.4 Å². The quantitative estimate of drug-likeness (QED) is 0.560. The maximum absolute atomic E-state index is 12.5.